The van der Waals surface area contributed by atoms with Crippen LogP contribution in [0.1, 0.15) is 22.7 Å². The predicted molar refractivity (Wildman–Crippen MR) is 73.4 cm³/mol. The topological polar surface area (TPSA) is 12.0 Å². The largest absolute Gasteiger partial charge is 0.309 e. The van der Waals surface area contributed by atoms with Gasteiger partial charge in [0.25, 0.3) is 0 Å². The zero-order valence-electron chi connectivity index (χ0n) is 10.7. The second kappa shape index (κ2) is 5.68. The Morgan fingerprint density at radius 2 is 1.79 bits per heavy atom. The summed E-state index contributed by atoms with van der Waals surface area (Å²) in [5.41, 5.74) is 2.57. The molecule has 0 heterocycles. The number of hydrogen-bond acceptors (Lipinski definition) is 1. The first-order chi connectivity index (χ1) is 9.02. The lowest BCUT2D eigenvalue weighted by atomic mass is 9.97. The molecule has 0 fully saturated rings. The van der Waals surface area contributed by atoms with E-state index in [9.17, 15) is 8.78 Å². The molecule has 2 rings (SSSR count). The molecule has 0 aliphatic carbocycles. The lowest BCUT2D eigenvalue weighted by Crippen LogP contribution is -2.18. The van der Waals surface area contributed by atoms with E-state index in [0.717, 1.165) is 23.3 Å². The van der Waals surface area contributed by atoms with E-state index >= 15 is 0 Å². The molecule has 2 aromatic carbocycles. The average molecular weight is 282 g/mol. The van der Waals surface area contributed by atoms with Gasteiger partial charge in [0, 0.05) is 5.02 Å². The Kier molecular flexibility index (Phi) is 4.17. The molecule has 0 saturated heterocycles. The van der Waals surface area contributed by atoms with Gasteiger partial charge in [0.15, 0.2) is 11.6 Å². The van der Waals surface area contributed by atoms with E-state index in [0.29, 0.717) is 5.56 Å². The molecule has 0 aliphatic heterocycles. The zero-order valence-corrected chi connectivity index (χ0v) is 11.4. The van der Waals surface area contributed by atoms with E-state index in [1.54, 1.807) is 7.05 Å². The minimum absolute atomic E-state index is 0.208. The van der Waals surface area contributed by atoms with Crippen LogP contribution < -0.4 is 5.32 Å². The standard InChI is InChI=1S/C15H14ClF2N/c1-9-4-3-5-10(6-9)15(19-2)11-7-13(17)14(18)8-12(11)16/h3-8,15,19H,1-2H3. The van der Waals surface area contributed by atoms with Crippen LogP contribution in [0.15, 0.2) is 36.4 Å². The monoisotopic (exact) mass is 281 g/mol. The van der Waals surface area contributed by atoms with E-state index in [2.05, 4.69) is 5.32 Å². The molecule has 0 radical (unpaired) electrons. The number of halogens is 3. The van der Waals surface area contributed by atoms with Gasteiger partial charge in [0.2, 0.25) is 0 Å². The SMILES string of the molecule is CNC(c1cccc(C)c1)c1cc(F)c(F)cc1Cl. The molecule has 0 aliphatic rings. The molecule has 0 saturated carbocycles. The van der Waals surface area contributed by atoms with E-state index in [1.165, 1.54) is 0 Å². The molecule has 100 valence electrons. The molecular formula is C15H14ClF2N. The third kappa shape index (κ3) is 2.94. The van der Waals surface area contributed by atoms with Crippen molar-refractivity contribution in [2.45, 2.75) is 13.0 Å². The molecule has 1 nitrogen and oxygen atoms in total. The minimum atomic E-state index is -0.937. The van der Waals surface area contributed by atoms with Gasteiger partial charge < -0.3 is 5.32 Å². The van der Waals surface area contributed by atoms with Gasteiger partial charge in [0.05, 0.1) is 6.04 Å². The quantitative estimate of drug-likeness (QED) is 0.830. The van der Waals surface area contributed by atoms with Crippen LogP contribution in [0.2, 0.25) is 5.02 Å². The first kappa shape index (κ1) is 14.0. The second-order valence-electron chi connectivity index (χ2n) is 4.42. The van der Waals surface area contributed by atoms with Gasteiger partial charge in [0.1, 0.15) is 0 Å². The molecule has 2 aromatic rings. The number of benzene rings is 2. The molecule has 4 heteroatoms. The summed E-state index contributed by atoms with van der Waals surface area (Å²) >= 11 is 6.02. The fraction of sp³-hybridized carbons (Fsp3) is 0.200. The summed E-state index contributed by atoms with van der Waals surface area (Å²) in [6.45, 7) is 1.98. The van der Waals surface area contributed by atoms with Gasteiger partial charge in [-0.05, 0) is 37.2 Å². The van der Waals surface area contributed by atoms with Crippen LogP contribution in [0.4, 0.5) is 8.78 Å². The van der Waals surface area contributed by atoms with Crippen molar-refractivity contribution >= 4 is 11.6 Å². The van der Waals surface area contributed by atoms with Crippen molar-refractivity contribution in [1.82, 2.24) is 5.32 Å². The van der Waals surface area contributed by atoms with Crippen LogP contribution in [-0.2, 0) is 0 Å². The van der Waals surface area contributed by atoms with Crippen molar-refractivity contribution in [2.75, 3.05) is 7.05 Å². The molecule has 0 aromatic heterocycles. The molecular weight excluding hydrogens is 268 g/mol. The predicted octanol–water partition coefficient (Wildman–Crippen LogP) is 4.24. The molecule has 0 amide bonds. The Labute approximate surface area is 116 Å². The third-order valence-corrected chi connectivity index (χ3v) is 3.34. The second-order valence-corrected chi connectivity index (χ2v) is 4.83. The normalized spacial score (nSPS) is 12.5. The van der Waals surface area contributed by atoms with Gasteiger partial charge in [-0.15, -0.1) is 0 Å². The molecule has 0 spiro atoms. The molecule has 0 bridgehead atoms. The molecule has 19 heavy (non-hydrogen) atoms. The van der Waals surface area contributed by atoms with Crippen molar-refractivity contribution in [3.05, 3.63) is 69.7 Å². The van der Waals surface area contributed by atoms with Gasteiger partial charge in [-0.2, -0.15) is 0 Å². The average Bonchev–Trinajstić information content (AvgIpc) is 2.36. The highest BCUT2D eigenvalue weighted by Crippen LogP contribution is 2.30. The Bertz CT molecular complexity index is 599. The summed E-state index contributed by atoms with van der Waals surface area (Å²) in [4.78, 5) is 0. The van der Waals surface area contributed by atoms with Gasteiger partial charge in [-0.25, -0.2) is 8.78 Å². The van der Waals surface area contributed by atoms with E-state index in [1.807, 2.05) is 31.2 Å². The zero-order chi connectivity index (χ0) is 14.0. The number of nitrogens with one attached hydrogen (secondary N) is 1. The lowest BCUT2D eigenvalue weighted by molar-refractivity contribution is 0.505. The van der Waals surface area contributed by atoms with Crippen LogP contribution >= 0.6 is 11.6 Å². The Morgan fingerprint density at radius 1 is 1.11 bits per heavy atom. The van der Waals surface area contributed by atoms with Gasteiger partial charge in [-0.1, -0.05) is 41.4 Å². The minimum Gasteiger partial charge on any atom is -0.309 e. The third-order valence-electron chi connectivity index (χ3n) is 3.01. The summed E-state index contributed by atoms with van der Waals surface area (Å²) in [5, 5.41) is 3.28. The Morgan fingerprint density at radius 3 is 2.42 bits per heavy atom. The van der Waals surface area contributed by atoms with Crippen LogP contribution in [-0.4, -0.2) is 7.05 Å². The maximum atomic E-state index is 13.4. The van der Waals surface area contributed by atoms with Crippen molar-refractivity contribution in [1.29, 1.82) is 0 Å². The Hall–Kier alpha value is -1.45. The summed E-state index contributed by atoms with van der Waals surface area (Å²) in [6, 6.07) is 9.67. The summed E-state index contributed by atoms with van der Waals surface area (Å²) < 4.78 is 26.5. The highest BCUT2D eigenvalue weighted by Gasteiger charge is 2.18. The number of aryl methyl sites for hydroxylation is 1. The van der Waals surface area contributed by atoms with Gasteiger partial charge >= 0.3 is 0 Å². The van der Waals surface area contributed by atoms with E-state index < -0.39 is 11.6 Å². The van der Waals surface area contributed by atoms with Crippen LogP contribution in [0, 0.1) is 18.6 Å². The summed E-state index contributed by atoms with van der Waals surface area (Å²) in [6.07, 6.45) is 0. The van der Waals surface area contributed by atoms with Crippen LogP contribution in [0.3, 0.4) is 0 Å². The van der Waals surface area contributed by atoms with E-state index in [-0.39, 0.29) is 11.1 Å². The fourth-order valence-electron chi connectivity index (χ4n) is 2.11. The van der Waals surface area contributed by atoms with Crippen LogP contribution in [0.25, 0.3) is 0 Å². The van der Waals surface area contributed by atoms with Crippen molar-refractivity contribution in [3.63, 3.8) is 0 Å². The Balaban J connectivity index is 2.51. The maximum Gasteiger partial charge on any atom is 0.160 e. The highest BCUT2D eigenvalue weighted by molar-refractivity contribution is 6.31. The molecule has 1 N–H and O–H groups in total. The molecule has 1 unspecified atom stereocenters. The van der Waals surface area contributed by atoms with Crippen molar-refractivity contribution < 1.29 is 8.78 Å². The number of hydrogen-bond donors (Lipinski definition) is 1. The van der Waals surface area contributed by atoms with Crippen molar-refractivity contribution in [3.8, 4) is 0 Å². The maximum absolute atomic E-state index is 13.4. The van der Waals surface area contributed by atoms with Gasteiger partial charge in [-0.3, -0.25) is 0 Å². The molecule has 1 atom stereocenters. The summed E-state index contributed by atoms with van der Waals surface area (Å²) in [5.74, 6) is -1.83. The first-order valence-electron chi connectivity index (χ1n) is 5.91. The highest BCUT2D eigenvalue weighted by atomic mass is 35.5. The summed E-state index contributed by atoms with van der Waals surface area (Å²) in [7, 11) is 1.75. The first-order valence-corrected chi connectivity index (χ1v) is 6.29. The van der Waals surface area contributed by atoms with Crippen molar-refractivity contribution in [2.24, 2.45) is 0 Å². The van der Waals surface area contributed by atoms with E-state index in [4.69, 9.17) is 11.6 Å². The number of rotatable bonds is 3. The van der Waals surface area contributed by atoms with Crippen LogP contribution in [0.5, 0.6) is 0 Å². The lowest BCUT2D eigenvalue weighted by Gasteiger charge is -2.19. The smallest absolute Gasteiger partial charge is 0.160 e. The fourth-order valence-corrected chi connectivity index (χ4v) is 2.37.